The van der Waals surface area contributed by atoms with Crippen LogP contribution in [0.5, 0.6) is 0 Å². The lowest BCUT2D eigenvalue weighted by Gasteiger charge is -2.09. The summed E-state index contributed by atoms with van der Waals surface area (Å²) in [5.41, 5.74) is 5.52. The minimum Gasteiger partial charge on any atom is -0.384 e. The van der Waals surface area contributed by atoms with Crippen molar-refractivity contribution in [1.82, 2.24) is 24.7 Å². The zero-order valence-electron chi connectivity index (χ0n) is 12.2. The molecule has 0 aliphatic carbocycles. The summed E-state index contributed by atoms with van der Waals surface area (Å²) in [5, 5.41) is 7.61. The van der Waals surface area contributed by atoms with E-state index >= 15 is 0 Å². The van der Waals surface area contributed by atoms with Gasteiger partial charge in [0.2, 0.25) is 0 Å². The van der Waals surface area contributed by atoms with Gasteiger partial charge in [0.05, 0.1) is 0 Å². The number of nitrogens with one attached hydrogen (secondary N) is 1. The first kappa shape index (κ1) is 15.5. The highest BCUT2D eigenvalue weighted by Crippen LogP contribution is 2.26. The number of ether oxygens (including phenoxy) is 1. The van der Waals surface area contributed by atoms with Crippen LogP contribution in [0, 0.1) is 0 Å². The summed E-state index contributed by atoms with van der Waals surface area (Å²) in [5.74, 6) is 0.865. The highest BCUT2D eigenvalue weighted by molar-refractivity contribution is 7.99. The van der Waals surface area contributed by atoms with Gasteiger partial charge in [0.15, 0.2) is 11.0 Å². The molecule has 0 atom stereocenters. The van der Waals surface area contributed by atoms with Gasteiger partial charge in [-0.1, -0.05) is 0 Å². The maximum absolute atomic E-state index is 11.7. The Kier molecular flexibility index (Phi) is 4.97. The summed E-state index contributed by atoms with van der Waals surface area (Å²) in [6.45, 7) is 6.60. The van der Waals surface area contributed by atoms with Crippen molar-refractivity contribution in [3.63, 3.8) is 0 Å². The fraction of sp³-hybridized carbons (Fsp3) is 0.500. The first-order chi connectivity index (χ1) is 10.0. The highest BCUT2D eigenvalue weighted by Gasteiger charge is 2.14. The molecule has 0 amide bonds. The number of rotatable bonds is 6. The fourth-order valence-electron chi connectivity index (χ4n) is 1.71. The van der Waals surface area contributed by atoms with Crippen molar-refractivity contribution in [2.75, 3.05) is 12.3 Å². The number of hydrogen-bond donors (Lipinski definition) is 2. The van der Waals surface area contributed by atoms with Crippen LogP contribution in [-0.2, 0) is 11.3 Å². The van der Waals surface area contributed by atoms with Crippen molar-refractivity contribution in [2.45, 2.75) is 43.6 Å². The summed E-state index contributed by atoms with van der Waals surface area (Å²) in [6.07, 6.45) is 0. The van der Waals surface area contributed by atoms with E-state index in [2.05, 4.69) is 20.2 Å². The van der Waals surface area contributed by atoms with Crippen LogP contribution in [0.4, 0.5) is 5.82 Å². The Morgan fingerprint density at radius 3 is 2.90 bits per heavy atom. The molecule has 0 aliphatic heterocycles. The van der Waals surface area contributed by atoms with Crippen LogP contribution in [0.2, 0.25) is 0 Å². The van der Waals surface area contributed by atoms with Gasteiger partial charge in [0, 0.05) is 18.7 Å². The molecule has 2 heterocycles. The van der Waals surface area contributed by atoms with Gasteiger partial charge in [-0.25, -0.2) is 19.9 Å². The van der Waals surface area contributed by atoms with Crippen LogP contribution in [-0.4, -0.2) is 31.3 Å². The SMILES string of the molecule is CCOCc1nc(N)cc(Sc2n[nH]c(=O)n2C(C)C)n1. The lowest BCUT2D eigenvalue weighted by atomic mass is 10.4. The molecule has 0 unspecified atom stereocenters. The first-order valence-electron chi connectivity index (χ1n) is 6.57. The van der Waals surface area contributed by atoms with Crippen LogP contribution >= 0.6 is 11.8 Å². The number of nitrogens with two attached hydrogens (primary N) is 1. The molecule has 2 rings (SSSR count). The van der Waals surface area contributed by atoms with Gasteiger partial charge < -0.3 is 10.5 Å². The molecule has 21 heavy (non-hydrogen) atoms. The quantitative estimate of drug-likeness (QED) is 0.771. The molecular weight excluding hydrogens is 292 g/mol. The summed E-state index contributed by atoms with van der Waals surface area (Å²) < 4.78 is 6.84. The van der Waals surface area contributed by atoms with E-state index in [1.54, 1.807) is 10.6 Å². The zero-order chi connectivity index (χ0) is 15.4. The molecule has 0 fully saturated rings. The topological polar surface area (TPSA) is 112 Å². The third kappa shape index (κ3) is 3.82. The number of hydrogen-bond acceptors (Lipinski definition) is 7. The Morgan fingerprint density at radius 2 is 2.24 bits per heavy atom. The lowest BCUT2D eigenvalue weighted by Crippen LogP contribution is -2.19. The standard InChI is InChI=1S/C12H18N6O2S/c1-4-20-6-9-14-8(13)5-10(15-9)21-12-17-16-11(19)18(12)7(2)3/h5,7H,4,6H2,1-3H3,(H,16,19)(H2,13,14,15). The van der Waals surface area contributed by atoms with Gasteiger partial charge in [-0.15, -0.1) is 5.10 Å². The molecular formula is C12H18N6O2S. The molecule has 0 saturated carbocycles. The van der Waals surface area contributed by atoms with E-state index in [0.29, 0.717) is 35.0 Å². The van der Waals surface area contributed by atoms with Gasteiger partial charge in [-0.05, 0) is 32.5 Å². The third-order valence-corrected chi connectivity index (χ3v) is 3.48. The van der Waals surface area contributed by atoms with Crippen LogP contribution in [0.3, 0.4) is 0 Å². The van der Waals surface area contributed by atoms with Gasteiger partial charge in [0.25, 0.3) is 0 Å². The third-order valence-electron chi connectivity index (χ3n) is 2.59. The van der Waals surface area contributed by atoms with E-state index in [-0.39, 0.29) is 11.7 Å². The minimum absolute atomic E-state index is 0.000768. The summed E-state index contributed by atoms with van der Waals surface area (Å²) in [4.78, 5) is 20.2. The first-order valence-corrected chi connectivity index (χ1v) is 7.38. The average Bonchev–Trinajstić information content (AvgIpc) is 2.76. The average molecular weight is 310 g/mol. The van der Waals surface area contributed by atoms with Gasteiger partial charge in [-0.2, -0.15) is 0 Å². The Labute approximate surface area is 126 Å². The number of H-pyrrole nitrogens is 1. The van der Waals surface area contributed by atoms with Crippen molar-refractivity contribution in [3.05, 3.63) is 22.4 Å². The van der Waals surface area contributed by atoms with Crippen molar-refractivity contribution in [2.24, 2.45) is 0 Å². The van der Waals surface area contributed by atoms with E-state index < -0.39 is 0 Å². The number of nitrogen functional groups attached to an aromatic ring is 1. The number of nitrogens with zero attached hydrogens (tertiary/aromatic N) is 4. The second-order valence-electron chi connectivity index (χ2n) is 4.56. The highest BCUT2D eigenvalue weighted by atomic mass is 32.2. The largest absolute Gasteiger partial charge is 0.384 e. The Hall–Kier alpha value is -1.87. The molecule has 0 saturated heterocycles. The van der Waals surface area contributed by atoms with E-state index in [4.69, 9.17) is 10.5 Å². The minimum atomic E-state index is -0.246. The Balaban J connectivity index is 2.27. The molecule has 8 nitrogen and oxygen atoms in total. The Morgan fingerprint density at radius 1 is 1.48 bits per heavy atom. The predicted molar refractivity (Wildman–Crippen MR) is 79.1 cm³/mol. The number of aromatic nitrogens is 5. The zero-order valence-corrected chi connectivity index (χ0v) is 13.0. The molecule has 9 heteroatoms. The monoisotopic (exact) mass is 310 g/mol. The lowest BCUT2D eigenvalue weighted by molar-refractivity contribution is 0.128. The van der Waals surface area contributed by atoms with Crippen LogP contribution < -0.4 is 11.4 Å². The van der Waals surface area contributed by atoms with E-state index in [1.165, 1.54) is 11.8 Å². The molecule has 0 spiro atoms. The predicted octanol–water partition coefficient (Wildman–Crippen LogP) is 1.21. The van der Waals surface area contributed by atoms with E-state index in [0.717, 1.165) is 0 Å². The molecule has 0 bridgehead atoms. The smallest absolute Gasteiger partial charge is 0.344 e. The van der Waals surface area contributed by atoms with Crippen molar-refractivity contribution >= 4 is 17.6 Å². The maximum Gasteiger partial charge on any atom is 0.344 e. The molecule has 0 radical (unpaired) electrons. The van der Waals surface area contributed by atoms with Crippen molar-refractivity contribution in [3.8, 4) is 0 Å². The fourth-order valence-corrected chi connectivity index (χ4v) is 2.71. The molecule has 0 aliphatic rings. The van der Waals surface area contributed by atoms with Crippen LogP contribution in [0.15, 0.2) is 21.0 Å². The molecule has 114 valence electrons. The summed E-state index contributed by atoms with van der Waals surface area (Å²) >= 11 is 1.26. The maximum atomic E-state index is 11.7. The summed E-state index contributed by atoms with van der Waals surface area (Å²) in [6, 6.07) is 1.64. The molecule has 2 aromatic heterocycles. The van der Waals surface area contributed by atoms with E-state index in [9.17, 15) is 4.79 Å². The van der Waals surface area contributed by atoms with E-state index in [1.807, 2.05) is 20.8 Å². The second kappa shape index (κ2) is 6.72. The van der Waals surface area contributed by atoms with Crippen molar-refractivity contribution in [1.29, 1.82) is 0 Å². The van der Waals surface area contributed by atoms with Gasteiger partial charge in [-0.3, -0.25) is 4.57 Å². The van der Waals surface area contributed by atoms with Crippen LogP contribution in [0.1, 0.15) is 32.6 Å². The molecule has 0 aromatic carbocycles. The normalized spacial score (nSPS) is 11.2. The summed E-state index contributed by atoms with van der Waals surface area (Å²) in [7, 11) is 0. The second-order valence-corrected chi connectivity index (χ2v) is 5.55. The molecule has 2 aromatic rings. The van der Waals surface area contributed by atoms with Crippen LogP contribution in [0.25, 0.3) is 0 Å². The Bertz CT molecular complexity index is 666. The van der Waals surface area contributed by atoms with Crippen molar-refractivity contribution < 1.29 is 4.74 Å². The van der Waals surface area contributed by atoms with Gasteiger partial charge in [0.1, 0.15) is 17.5 Å². The number of aromatic amines is 1. The number of anilines is 1. The van der Waals surface area contributed by atoms with Gasteiger partial charge >= 0.3 is 5.69 Å². The molecule has 3 N–H and O–H groups in total.